The third-order valence-electron chi connectivity index (χ3n) is 4.43. The minimum atomic E-state index is -0.305. The molecule has 1 aliphatic heterocycles. The molecule has 1 saturated heterocycles. The van der Waals surface area contributed by atoms with Gasteiger partial charge in [0.15, 0.2) is 0 Å². The Kier molecular flexibility index (Phi) is 5.88. The molecule has 3 heteroatoms. The van der Waals surface area contributed by atoms with Crippen LogP contribution in [0.1, 0.15) is 67.2 Å². The molecule has 0 bridgehead atoms. The van der Waals surface area contributed by atoms with Gasteiger partial charge in [0.05, 0.1) is 11.2 Å². The lowest BCUT2D eigenvalue weighted by molar-refractivity contribution is 0.00578. The van der Waals surface area contributed by atoms with Gasteiger partial charge in [-0.3, -0.25) is 0 Å². The molecule has 112 valence electrons. The molecule has 0 aromatic carbocycles. The molecule has 0 amide bonds. The van der Waals surface area contributed by atoms with E-state index in [0.717, 1.165) is 18.3 Å². The molecule has 2 nitrogen and oxygen atoms in total. The molecule has 0 atom stereocenters. The molecule has 1 fully saturated rings. The van der Waals surface area contributed by atoms with Crippen LogP contribution < -0.4 is 0 Å². The molecule has 0 aliphatic carbocycles. The van der Waals surface area contributed by atoms with Crippen LogP contribution >= 0.6 is 0 Å². The van der Waals surface area contributed by atoms with E-state index >= 15 is 0 Å². The molecule has 20 heavy (non-hydrogen) atoms. The summed E-state index contributed by atoms with van der Waals surface area (Å²) in [6.07, 6.45) is 6.41. The Hall–Kier alpha value is -0.755. The summed E-state index contributed by atoms with van der Waals surface area (Å²) in [5.74, 6) is 0. The second kappa shape index (κ2) is 6.80. The summed E-state index contributed by atoms with van der Waals surface area (Å²) in [6, 6.07) is 0. The van der Waals surface area contributed by atoms with Gasteiger partial charge in [-0.1, -0.05) is 32.4 Å². The highest BCUT2D eigenvalue weighted by Gasteiger charge is 2.52. The fourth-order valence-corrected chi connectivity index (χ4v) is 2.33. The summed E-state index contributed by atoms with van der Waals surface area (Å²) < 4.78 is 12.3. The Morgan fingerprint density at radius 2 is 1.70 bits per heavy atom. The quantitative estimate of drug-likeness (QED) is 0.392. The van der Waals surface area contributed by atoms with Gasteiger partial charge in [0.2, 0.25) is 0 Å². The summed E-state index contributed by atoms with van der Waals surface area (Å²) >= 11 is 0. The minimum Gasteiger partial charge on any atom is -0.399 e. The van der Waals surface area contributed by atoms with Gasteiger partial charge in [0.1, 0.15) is 0 Å². The van der Waals surface area contributed by atoms with Crippen LogP contribution in [0.25, 0.3) is 0 Å². The zero-order valence-corrected chi connectivity index (χ0v) is 14.0. The number of allylic oxidation sites excluding steroid dienone is 3. The van der Waals surface area contributed by atoms with E-state index in [9.17, 15) is 0 Å². The van der Waals surface area contributed by atoms with Crippen LogP contribution in [-0.2, 0) is 9.31 Å². The first-order valence-corrected chi connectivity index (χ1v) is 7.72. The highest BCUT2D eigenvalue weighted by atomic mass is 16.7. The summed E-state index contributed by atoms with van der Waals surface area (Å²) in [4.78, 5) is 0. The van der Waals surface area contributed by atoms with Crippen molar-refractivity contribution < 1.29 is 9.31 Å². The van der Waals surface area contributed by atoms with Crippen molar-refractivity contribution in [2.45, 2.75) is 78.4 Å². The lowest BCUT2D eigenvalue weighted by Gasteiger charge is -2.32. The van der Waals surface area contributed by atoms with Crippen LogP contribution in [0.5, 0.6) is 0 Å². The predicted octanol–water partition coefficient (Wildman–Crippen LogP) is 4.86. The molecule has 0 aromatic rings. The number of unbranched alkanes of at least 4 members (excludes halogenated alkanes) is 1. The minimum absolute atomic E-state index is 0.304. The van der Waals surface area contributed by atoms with Crippen LogP contribution in [-0.4, -0.2) is 18.3 Å². The van der Waals surface area contributed by atoms with Crippen molar-refractivity contribution in [3.8, 4) is 0 Å². The van der Waals surface area contributed by atoms with E-state index in [-0.39, 0.29) is 18.3 Å². The number of rotatable bonds is 6. The maximum Gasteiger partial charge on any atom is 0.495 e. The fourth-order valence-electron chi connectivity index (χ4n) is 2.33. The van der Waals surface area contributed by atoms with Crippen LogP contribution in [0.15, 0.2) is 29.4 Å². The van der Waals surface area contributed by atoms with Gasteiger partial charge in [-0.25, -0.2) is 0 Å². The SMILES string of the molecule is C=C=C/C(B1OC(C)(C)C(C)(C)O1)=C(\CC)CCCC. The first-order chi connectivity index (χ1) is 9.29. The average Bonchev–Trinajstić information content (AvgIpc) is 2.57. The first kappa shape index (κ1) is 17.3. The van der Waals surface area contributed by atoms with Gasteiger partial charge in [0, 0.05) is 0 Å². The predicted molar refractivity (Wildman–Crippen MR) is 86.6 cm³/mol. The van der Waals surface area contributed by atoms with E-state index in [2.05, 4.69) is 53.9 Å². The van der Waals surface area contributed by atoms with E-state index in [4.69, 9.17) is 9.31 Å². The number of hydrogen-bond donors (Lipinski definition) is 0. The third kappa shape index (κ3) is 3.66. The Balaban J connectivity index is 3.09. The van der Waals surface area contributed by atoms with Crippen molar-refractivity contribution in [1.29, 1.82) is 0 Å². The Morgan fingerprint density at radius 1 is 1.15 bits per heavy atom. The van der Waals surface area contributed by atoms with Gasteiger partial charge in [-0.15, -0.1) is 5.73 Å². The van der Waals surface area contributed by atoms with Crippen molar-refractivity contribution in [3.05, 3.63) is 29.4 Å². The van der Waals surface area contributed by atoms with E-state index in [1.54, 1.807) is 0 Å². The molecule has 0 spiro atoms. The zero-order chi connectivity index (χ0) is 15.4. The second-order valence-electron chi connectivity index (χ2n) is 6.45. The lowest BCUT2D eigenvalue weighted by Crippen LogP contribution is -2.41. The molecule has 1 aliphatic rings. The van der Waals surface area contributed by atoms with E-state index in [1.165, 1.54) is 18.4 Å². The van der Waals surface area contributed by atoms with Crippen LogP contribution in [0.3, 0.4) is 0 Å². The van der Waals surface area contributed by atoms with Crippen LogP contribution in [0.4, 0.5) is 0 Å². The molecule has 1 heterocycles. The topological polar surface area (TPSA) is 18.5 Å². The summed E-state index contributed by atoms with van der Waals surface area (Å²) in [5, 5.41) is 0. The van der Waals surface area contributed by atoms with Crippen molar-refractivity contribution >= 4 is 7.12 Å². The fraction of sp³-hybridized carbons (Fsp3) is 0.706. The lowest BCUT2D eigenvalue weighted by atomic mass is 9.73. The van der Waals surface area contributed by atoms with Gasteiger partial charge in [-0.05, 0) is 58.5 Å². The van der Waals surface area contributed by atoms with Crippen LogP contribution in [0.2, 0.25) is 0 Å². The molecule has 0 radical (unpaired) electrons. The third-order valence-corrected chi connectivity index (χ3v) is 4.43. The molecule has 1 rings (SSSR count). The Labute approximate surface area is 125 Å². The largest absolute Gasteiger partial charge is 0.495 e. The van der Waals surface area contributed by atoms with Crippen molar-refractivity contribution in [1.82, 2.24) is 0 Å². The molecular formula is C17H29BO2. The molecule has 0 N–H and O–H groups in total. The Bertz CT molecular complexity index is 399. The average molecular weight is 276 g/mol. The standard InChI is InChI=1S/C17H29BO2/c1-8-11-13-14(10-3)15(12-9-2)18-19-16(4,5)17(6,7)20-18/h12H,2,8,10-11,13H2,1,3-7H3/b15-14-. The zero-order valence-electron chi connectivity index (χ0n) is 14.0. The molecule has 0 unspecified atom stereocenters. The van der Waals surface area contributed by atoms with E-state index in [1.807, 2.05) is 6.08 Å². The van der Waals surface area contributed by atoms with Gasteiger partial charge < -0.3 is 9.31 Å². The van der Waals surface area contributed by atoms with E-state index < -0.39 is 0 Å². The maximum atomic E-state index is 6.16. The maximum absolute atomic E-state index is 6.16. The van der Waals surface area contributed by atoms with E-state index in [0.29, 0.717) is 0 Å². The van der Waals surface area contributed by atoms with Crippen molar-refractivity contribution in [3.63, 3.8) is 0 Å². The van der Waals surface area contributed by atoms with Gasteiger partial charge in [0.25, 0.3) is 0 Å². The second-order valence-corrected chi connectivity index (χ2v) is 6.45. The Morgan fingerprint density at radius 3 is 2.10 bits per heavy atom. The van der Waals surface area contributed by atoms with Gasteiger partial charge in [-0.2, -0.15) is 0 Å². The smallest absolute Gasteiger partial charge is 0.399 e. The molecular weight excluding hydrogens is 247 g/mol. The highest BCUT2D eigenvalue weighted by molar-refractivity contribution is 6.55. The summed E-state index contributed by atoms with van der Waals surface area (Å²) in [5.41, 5.74) is 4.79. The highest BCUT2D eigenvalue weighted by Crippen LogP contribution is 2.39. The van der Waals surface area contributed by atoms with Crippen LogP contribution in [0, 0.1) is 0 Å². The van der Waals surface area contributed by atoms with Gasteiger partial charge >= 0.3 is 7.12 Å². The number of hydrogen-bond acceptors (Lipinski definition) is 2. The van der Waals surface area contributed by atoms with Crippen molar-refractivity contribution in [2.75, 3.05) is 0 Å². The first-order valence-electron chi connectivity index (χ1n) is 7.72. The summed E-state index contributed by atoms with van der Waals surface area (Å²) in [7, 11) is -0.305. The molecule has 0 saturated carbocycles. The monoisotopic (exact) mass is 276 g/mol. The normalized spacial score (nSPS) is 21.4. The summed E-state index contributed by atoms with van der Waals surface area (Å²) in [6.45, 7) is 16.4. The van der Waals surface area contributed by atoms with Crippen molar-refractivity contribution in [2.24, 2.45) is 0 Å². The molecule has 0 aromatic heterocycles.